The van der Waals surface area contributed by atoms with Crippen LogP contribution in [0, 0.1) is 6.92 Å². The normalized spacial score (nSPS) is 10.5. The lowest BCUT2D eigenvalue weighted by atomic mass is 10.1. The summed E-state index contributed by atoms with van der Waals surface area (Å²) in [6.07, 6.45) is 0. The van der Waals surface area contributed by atoms with Crippen molar-refractivity contribution < 1.29 is 9.42 Å². The van der Waals surface area contributed by atoms with Crippen molar-refractivity contribution in [3.8, 4) is 0 Å². The van der Waals surface area contributed by atoms with Crippen LogP contribution in [0.15, 0.2) is 16.8 Å². The molecule has 1 aromatic carbocycles. The molecule has 0 aliphatic rings. The summed E-state index contributed by atoms with van der Waals surface area (Å²) >= 11 is 0. The maximum Gasteiger partial charge on any atom is 0.249 e. The van der Waals surface area contributed by atoms with Crippen molar-refractivity contribution in [2.24, 2.45) is 5.73 Å². The van der Waals surface area contributed by atoms with Gasteiger partial charge in [-0.15, -0.1) is 0 Å². The molecule has 2 N–H and O–H groups in total. The number of fused-ring (bicyclic) bond motifs is 1. The number of nitrogens with zero attached hydrogens (tertiary/aromatic N) is 2. The molecule has 2 aromatic rings. The number of aryl methyl sites for hydroxylation is 1. The fraction of sp³-hybridized carbons (Fsp3) is 0.125. The smallest absolute Gasteiger partial charge is 0.249 e. The van der Waals surface area contributed by atoms with Crippen molar-refractivity contribution in [3.63, 3.8) is 0 Å². The Morgan fingerprint density at radius 3 is 2.92 bits per heavy atom. The first-order valence-corrected chi connectivity index (χ1v) is 3.72. The highest BCUT2D eigenvalue weighted by atomic mass is 16.6. The minimum Gasteiger partial charge on any atom is -0.366 e. The van der Waals surface area contributed by atoms with Crippen LogP contribution in [0.1, 0.15) is 15.9 Å². The molecule has 0 atom stereocenters. The molecule has 5 heteroatoms. The molecule has 5 nitrogen and oxygen atoms in total. The van der Waals surface area contributed by atoms with E-state index in [-0.39, 0.29) is 0 Å². The van der Waals surface area contributed by atoms with Gasteiger partial charge in [-0.25, -0.2) is 4.63 Å². The van der Waals surface area contributed by atoms with Crippen LogP contribution in [0.25, 0.3) is 11.0 Å². The Balaban J connectivity index is 2.80. The third kappa shape index (κ3) is 1.05. The van der Waals surface area contributed by atoms with Crippen molar-refractivity contribution in [2.45, 2.75) is 6.92 Å². The maximum atomic E-state index is 10.9. The SMILES string of the molecule is Cc1c(C(N)=O)ccc2nonc12. The Morgan fingerprint density at radius 1 is 1.46 bits per heavy atom. The Morgan fingerprint density at radius 2 is 2.23 bits per heavy atom. The molecular formula is C8H7N3O2. The first kappa shape index (κ1) is 7.72. The fourth-order valence-corrected chi connectivity index (χ4v) is 1.25. The number of amides is 1. The van der Waals surface area contributed by atoms with Crippen LogP contribution in [-0.4, -0.2) is 16.2 Å². The number of carbonyl (C=O) groups is 1. The van der Waals surface area contributed by atoms with Crippen LogP contribution in [0.3, 0.4) is 0 Å². The van der Waals surface area contributed by atoms with E-state index in [1.165, 1.54) is 0 Å². The van der Waals surface area contributed by atoms with Gasteiger partial charge in [0.05, 0.1) is 0 Å². The lowest BCUT2D eigenvalue weighted by molar-refractivity contribution is 0.1000. The van der Waals surface area contributed by atoms with Crippen LogP contribution >= 0.6 is 0 Å². The summed E-state index contributed by atoms with van der Waals surface area (Å²) in [6.45, 7) is 1.76. The van der Waals surface area contributed by atoms with Crippen LogP contribution in [0.5, 0.6) is 0 Å². The molecule has 0 aliphatic carbocycles. The first-order valence-electron chi connectivity index (χ1n) is 3.72. The predicted octanol–water partition coefficient (Wildman–Crippen LogP) is 0.630. The van der Waals surface area contributed by atoms with Crippen LogP contribution < -0.4 is 5.73 Å². The lowest BCUT2D eigenvalue weighted by Crippen LogP contribution is -2.12. The van der Waals surface area contributed by atoms with Gasteiger partial charge < -0.3 is 5.73 Å². The van der Waals surface area contributed by atoms with Gasteiger partial charge in [0, 0.05) is 5.56 Å². The quantitative estimate of drug-likeness (QED) is 0.692. The van der Waals surface area contributed by atoms with E-state index in [0.29, 0.717) is 22.2 Å². The number of hydrogen-bond acceptors (Lipinski definition) is 4. The van der Waals surface area contributed by atoms with E-state index in [4.69, 9.17) is 5.73 Å². The van der Waals surface area contributed by atoms with Crippen LogP contribution in [-0.2, 0) is 0 Å². The van der Waals surface area contributed by atoms with Gasteiger partial charge in [0.25, 0.3) is 0 Å². The van der Waals surface area contributed by atoms with Gasteiger partial charge in [-0.3, -0.25) is 4.79 Å². The van der Waals surface area contributed by atoms with E-state index in [2.05, 4.69) is 14.9 Å². The molecule has 1 amide bonds. The third-order valence-corrected chi connectivity index (χ3v) is 1.95. The van der Waals surface area contributed by atoms with Gasteiger partial charge in [0.15, 0.2) is 0 Å². The number of nitrogens with two attached hydrogens (primary N) is 1. The highest BCUT2D eigenvalue weighted by Gasteiger charge is 2.11. The highest BCUT2D eigenvalue weighted by molar-refractivity contribution is 5.98. The molecule has 0 saturated heterocycles. The lowest BCUT2D eigenvalue weighted by Gasteiger charge is -1.98. The average molecular weight is 177 g/mol. The van der Waals surface area contributed by atoms with E-state index >= 15 is 0 Å². The summed E-state index contributed by atoms with van der Waals surface area (Å²) < 4.78 is 4.53. The summed E-state index contributed by atoms with van der Waals surface area (Å²) in [6, 6.07) is 3.27. The van der Waals surface area contributed by atoms with E-state index in [1.807, 2.05) is 0 Å². The molecule has 0 bridgehead atoms. The zero-order valence-corrected chi connectivity index (χ0v) is 6.94. The molecule has 0 fully saturated rings. The molecule has 0 radical (unpaired) electrons. The summed E-state index contributed by atoms with van der Waals surface area (Å²) in [4.78, 5) is 10.9. The molecule has 2 rings (SSSR count). The minimum atomic E-state index is -0.470. The largest absolute Gasteiger partial charge is 0.366 e. The molecule has 1 heterocycles. The Labute approximate surface area is 73.5 Å². The second-order valence-electron chi connectivity index (χ2n) is 2.73. The molecule has 0 spiro atoms. The summed E-state index contributed by atoms with van der Waals surface area (Å²) in [5, 5.41) is 7.31. The molecule has 0 unspecified atom stereocenters. The zero-order valence-electron chi connectivity index (χ0n) is 6.94. The van der Waals surface area contributed by atoms with Gasteiger partial charge >= 0.3 is 0 Å². The zero-order chi connectivity index (χ0) is 9.42. The second-order valence-corrected chi connectivity index (χ2v) is 2.73. The molecule has 13 heavy (non-hydrogen) atoms. The average Bonchev–Trinajstić information content (AvgIpc) is 2.52. The van der Waals surface area contributed by atoms with Gasteiger partial charge in [-0.05, 0) is 34.9 Å². The second kappa shape index (κ2) is 2.55. The molecule has 0 saturated carbocycles. The Bertz CT molecular complexity index is 475. The summed E-state index contributed by atoms with van der Waals surface area (Å²) in [5.41, 5.74) is 7.51. The van der Waals surface area contributed by atoms with Crippen molar-refractivity contribution in [2.75, 3.05) is 0 Å². The van der Waals surface area contributed by atoms with Crippen molar-refractivity contribution in [1.82, 2.24) is 10.3 Å². The monoisotopic (exact) mass is 177 g/mol. The number of aromatic nitrogens is 2. The Hall–Kier alpha value is -1.91. The maximum absolute atomic E-state index is 10.9. The standard InChI is InChI=1S/C8H7N3O2/c1-4-5(8(9)12)2-3-6-7(4)11-13-10-6/h2-3H,1H3,(H2,9,12). The van der Waals surface area contributed by atoms with E-state index < -0.39 is 5.91 Å². The number of benzene rings is 1. The summed E-state index contributed by atoms with van der Waals surface area (Å²) in [7, 11) is 0. The van der Waals surface area contributed by atoms with Crippen molar-refractivity contribution >= 4 is 16.9 Å². The van der Waals surface area contributed by atoms with Gasteiger partial charge in [0.2, 0.25) is 5.91 Å². The number of rotatable bonds is 1. The molecule has 0 aliphatic heterocycles. The van der Waals surface area contributed by atoms with Gasteiger partial charge in [0.1, 0.15) is 11.0 Å². The topological polar surface area (TPSA) is 82.0 Å². The first-order chi connectivity index (χ1) is 6.20. The van der Waals surface area contributed by atoms with Crippen LogP contribution in [0.4, 0.5) is 0 Å². The van der Waals surface area contributed by atoms with E-state index in [9.17, 15) is 4.79 Å². The van der Waals surface area contributed by atoms with Crippen molar-refractivity contribution in [3.05, 3.63) is 23.3 Å². The fourth-order valence-electron chi connectivity index (χ4n) is 1.25. The van der Waals surface area contributed by atoms with Gasteiger partial charge in [-0.1, -0.05) is 0 Å². The Kier molecular flexibility index (Phi) is 1.51. The third-order valence-electron chi connectivity index (χ3n) is 1.95. The van der Waals surface area contributed by atoms with E-state index in [0.717, 1.165) is 0 Å². The molecular weight excluding hydrogens is 170 g/mol. The highest BCUT2D eigenvalue weighted by Crippen LogP contribution is 2.17. The molecule has 66 valence electrons. The summed E-state index contributed by atoms with van der Waals surface area (Å²) in [5.74, 6) is -0.470. The molecule has 1 aromatic heterocycles. The van der Waals surface area contributed by atoms with Gasteiger partial charge in [-0.2, -0.15) is 0 Å². The number of carbonyl (C=O) groups excluding carboxylic acids is 1. The van der Waals surface area contributed by atoms with Crippen LogP contribution in [0.2, 0.25) is 0 Å². The minimum absolute atomic E-state index is 0.447. The number of hydrogen-bond donors (Lipinski definition) is 1. The van der Waals surface area contributed by atoms with E-state index in [1.54, 1.807) is 19.1 Å². The number of primary amides is 1. The van der Waals surface area contributed by atoms with Crippen molar-refractivity contribution in [1.29, 1.82) is 0 Å². The predicted molar refractivity (Wildman–Crippen MR) is 45.1 cm³/mol.